The van der Waals surface area contributed by atoms with Gasteiger partial charge >= 0.3 is 5.97 Å². The smallest absolute Gasteiger partial charge is 0.304 e. The van der Waals surface area contributed by atoms with E-state index < -0.39 is 5.97 Å². The van der Waals surface area contributed by atoms with Crippen molar-refractivity contribution in [3.05, 3.63) is 0 Å². The fourth-order valence-corrected chi connectivity index (χ4v) is 1.20. The average Bonchev–Trinajstić information content (AvgIpc) is 1.98. The largest absolute Gasteiger partial charge is 0.481 e. The molecule has 0 aromatic rings. The number of carbonyl (C=O) groups is 1. The van der Waals surface area contributed by atoms with Gasteiger partial charge in [-0.15, -0.1) is 0 Å². The third-order valence-corrected chi connectivity index (χ3v) is 2.27. The highest BCUT2D eigenvalue weighted by molar-refractivity contribution is 5.67. The number of aliphatic carboxylic acids is 1. The van der Waals surface area contributed by atoms with Crippen molar-refractivity contribution in [2.24, 2.45) is 0 Å². The molecule has 72 valence electrons. The van der Waals surface area contributed by atoms with Gasteiger partial charge in [-0.1, -0.05) is 6.92 Å². The summed E-state index contributed by atoms with van der Waals surface area (Å²) in [5.74, 6) is -0.714. The topological polar surface area (TPSA) is 40.5 Å². The average molecular weight is 173 g/mol. The molecule has 12 heavy (non-hydrogen) atoms. The molecule has 0 radical (unpaired) electrons. The molecular weight excluding hydrogens is 154 g/mol. The Hall–Kier alpha value is -0.570. The molecule has 1 N–H and O–H groups in total. The van der Waals surface area contributed by atoms with Crippen molar-refractivity contribution in [2.75, 3.05) is 7.05 Å². The number of hydrogen-bond acceptors (Lipinski definition) is 2. The standard InChI is InChI=1S/C9H19NO2/c1-5-8(6-9(11)12)10(4)7(2)3/h7-8H,5-6H2,1-4H3,(H,11,12). The van der Waals surface area contributed by atoms with Crippen molar-refractivity contribution in [2.45, 2.75) is 45.7 Å². The molecule has 0 saturated carbocycles. The Bertz CT molecular complexity index is 145. The molecule has 0 fully saturated rings. The fraction of sp³-hybridized carbons (Fsp3) is 0.889. The minimum absolute atomic E-state index is 0.169. The third-order valence-electron chi connectivity index (χ3n) is 2.27. The predicted octanol–water partition coefficient (Wildman–Crippen LogP) is 1.58. The van der Waals surface area contributed by atoms with Crippen LogP contribution in [0.15, 0.2) is 0 Å². The molecule has 0 spiro atoms. The van der Waals surface area contributed by atoms with Gasteiger partial charge in [0.2, 0.25) is 0 Å². The van der Waals surface area contributed by atoms with Gasteiger partial charge in [0, 0.05) is 12.1 Å². The summed E-state index contributed by atoms with van der Waals surface area (Å²) in [6.45, 7) is 6.17. The van der Waals surface area contributed by atoms with Crippen molar-refractivity contribution in [3.8, 4) is 0 Å². The van der Waals surface area contributed by atoms with Crippen LogP contribution in [0, 0.1) is 0 Å². The summed E-state index contributed by atoms with van der Waals surface area (Å²) in [6, 6.07) is 0.580. The fourth-order valence-electron chi connectivity index (χ4n) is 1.20. The maximum Gasteiger partial charge on any atom is 0.304 e. The summed E-state index contributed by atoms with van der Waals surface area (Å²) in [5.41, 5.74) is 0. The predicted molar refractivity (Wildman–Crippen MR) is 49.2 cm³/mol. The number of hydrogen-bond donors (Lipinski definition) is 1. The Balaban J connectivity index is 4.04. The van der Waals surface area contributed by atoms with Crippen LogP contribution in [0.3, 0.4) is 0 Å². The summed E-state index contributed by atoms with van der Waals surface area (Å²) in [4.78, 5) is 12.6. The summed E-state index contributed by atoms with van der Waals surface area (Å²) in [6.07, 6.45) is 1.13. The zero-order valence-electron chi connectivity index (χ0n) is 8.37. The molecule has 0 aliphatic heterocycles. The lowest BCUT2D eigenvalue weighted by Gasteiger charge is -2.29. The second kappa shape index (κ2) is 5.14. The minimum Gasteiger partial charge on any atom is -0.481 e. The van der Waals surface area contributed by atoms with Crippen LogP contribution in [-0.2, 0) is 4.79 Å². The molecule has 0 amide bonds. The molecule has 1 atom stereocenters. The van der Waals surface area contributed by atoms with Gasteiger partial charge < -0.3 is 10.0 Å². The van der Waals surface area contributed by atoms with Crippen LogP contribution in [0.4, 0.5) is 0 Å². The zero-order valence-corrected chi connectivity index (χ0v) is 8.37. The third kappa shape index (κ3) is 3.72. The summed E-state index contributed by atoms with van der Waals surface area (Å²) in [7, 11) is 1.97. The Kier molecular flexibility index (Phi) is 4.90. The van der Waals surface area contributed by atoms with E-state index in [-0.39, 0.29) is 12.5 Å². The Morgan fingerprint density at radius 2 is 2.00 bits per heavy atom. The van der Waals surface area contributed by atoms with E-state index in [9.17, 15) is 4.79 Å². The molecule has 0 aliphatic rings. The van der Waals surface area contributed by atoms with E-state index in [0.29, 0.717) is 6.04 Å². The van der Waals surface area contributed by atoms with Gasteiger partial charge in [0.05, 0.1) is 6.42 Å². The molecule has 0 aromatic heterocycles. The van der Waals surface area contributed by atoms with Crippen LogP contribution >= 0.6 is 0 Å². The maximum atomic E-state index is 10.5. The van der Waals surface area contributed by atoms with Gasteiger partial charge in [0.1, 0.15) is 0 Å². The van der Waals surface area contributed by atoms with E-state index in [2.05, 4.69) is 18.7 Å². The maximum absolute atomic E-state index is 10.5. The lowest BCUT2D eigenvalue weighted by Crippen LogP contribution is -2.38. The molecule has 3 nitrogen and oxygen atoms in total. The van der Waals surface area contributed by atoms with Gasteiger partial charge in [0.25, 0.3) is 0 Å². The van der Waals surface area contributed by atoms with Gasteiger partial charge in [-0.05, 0) is 27.3 Å². The number of carboxylic acids is 1. The van der Waals surface area contributed by atoms with E-state index in [1.807, 2.05) is 14.0 Å². The number of carboxylic acid groups (broad SMARTS) is 1. The van der Waals surface area contributed by atoms with Crippen LogP contribution in [0.1, 0.15) is 33.6 Å². The highest BCUT2D eigenvalue weighted by atomic mass is 16.4. The molecule has 0 saturated heterocycles. The lowest BCUT2D eigenvalue weighted by molar-refractivity contribution is -0.138. The first-order chi connectivity index (χ1) is 5.49. The van der Waals surface area contributed by atoms with Crippen LogP contribution < -0.4 is 0 Å². The molecule has 0 bridgehead atoms. The molecular formula is C9H19NO2. The first-order valence-electron chi connectivity index (χ1n) is 4.42. The molecule has 0 aliphatic carbocycles. The highest BCUT2D eigenvalue weighted by Crippen LogP contribution is 2.09. The van der Waals surface area contributed by atoms with Gasteiger partial charge in [-0.25, -0.2) is 0 Å². The number of rotatable bonds is 5. The quantitative estimate of drug-likeness (QED) is 0.686. The van der Waals surface area contributed by atoms with Crippen molar-refractivity contribution < 1.29 is 9.90 Å². The summed E-state index contributed by atoms with van der Waals surface area (Å²) in [5, 5.41) is 8.62. The molecule has 1 unspecified atom stereocenters. The van der Waals surface area contributed by atoms with Crippen molar-refractivity contribution in [1.82, 2.24) is 4.90 Å². The minimum atomic E-state index is -0.714. The normalized spacial score (nSPS) is 13.8. The van der Waals surface area contributed by atoms with E-state index in [0.717, 1.165) is 6.42 Å². The second-order valence-corrected chi connectivity index (χ2v) is 3.42. The van der Waals surface area contributed by atoms with Crippen molar-refractivity contribution >= 4 is 5.97 Å². The van der Waals surface area contributed by atoms with Crippen LogP contribution in [0.5, 0.6) is 0 Å². The van der Waals surface area contributed by atoms with Crippen molar-refractivity contribution in [3.63, 3.8) is 0 Å². The molecule has 0 aromatic carbocycles. The lowest BCUT2D eigenvalue weighted by atomic mass is 10.1. The SMILES string of the molecule is CCC(CC(=O)O)N(C)C(C)C. The highest BCUT2D eigenvalue weighted by Gasteiger charge is 2.17. The summed E-state index contributed by atoms with van der Waals surface area (Å²) >= 11 is 0. The Morgan fingerprint density at radius 3 is 2.25 bits per heavy atom. The molecule has 0 rings (SSSR count). The van der Waals surface area contributed by atoms with E-state index >= 15 is 0 Å². The van der Waals surface area contributed by atoms with Gasteiger partial charge in [0.15, 0.2) is 0 Å². The zero-order chi connectivity index (χ0) is 9.72. The first kappa shape index (κ1) is 11.4. The Labute approximate surface area is 74.4 Å². The van der Waals surface area contributed by atoms with Crippen LogP contribution in [-0.4, -0.2) is 35.1 Å². The summed E-state index contributed by atoms with van der Waals surface area (Å²) < 4.78 is 0. The van der Waals surface area contributed by atoms with Crippen LogP contribution in [0.2, 0.25) is 0 Å². The Morgan fingerprint density at radius 1 is 1.50 bits per heavy atom. The van der Waals surface area contributed by atoms with Crippen LogP contribution in [0.25, 0.3) is 0 Å². The van der Waals surface area contributed by atoms with E-state index in [1.54, 1.807) is 0 Å². The van der Waals surface area contributed by atoms with E-state index in [1.165, 1.54) is 0 Å². The van der Waals surface area contributed by atoms with E-state index in [4.69, 9.17) is 5.11 Å². The van der Waals surface area contributed by atoms with Gasteiger partial charge in [-0.2, -0.15) is 0 Å². The first-order valence-corrected chi connectivity index (χ1v) is 4.42. The van der Waals surface area contributed by atoms with Gasteiger partial charge in [-0.3, -0.25) is 4.79 Å². The second-order valence-electron chi connectivity index (χ2n) is 3.42. The molecule has 3 heteroatoms. The monoisotopic (exact) mass is 173 g/mol. The molecule has 0 heterocycles. The number of nitrogens with zero attached hydrogens (tertiary/aromatic N) is 1. The van der Waals surface area contributed by atoms with Crippen molar-refractivity contribution in [1.29, 1.82) is 0 Å².